The molecule has 1 unspecified atom stereocenters. The molecule has 1 fully saturated rings. The molecule has 7 nitrogen and oxygen atoms in total. The Kier molecular flexibility index (Phi) is 4.24. The standard InChI is InChI=1S/C17H20N4O3/c1-10-4-5-14(6-11(10)2)21-9-13(8-16(21)22)18-17(23)19-15-7-12(3)24-20-15/h4-7,13H,8-9H2,1-3H3,(H2,18,19,20,23). The molecule has 1 saturated heterocycles. The minimum absolute atomic E-state index is 0.000772. The minimum atomic E-state index is -0.400. The second-order valence-electron chi connectivity index (χ2n) is 6.10. The predicted molar refractivity (Wildman–Crippen MR) is 90.1 cm³/mol. The Labute approximate surface area is 140 Å². The second kappa shape index (κ2) is 6.35. The summed E-state index contributed by atoms with van der Waals surface area (Å²) in [5, 5.41) is 9.09. The van der Waals surface area contributed by atoms with Crippen molar-refractivity contribution in [2.45, 2.75) is 33.2 Å². The average Bonchev–Trinajstić information content (AvgIpc) is 3.08. The molecular weight excluding hydrogens is 308 g/mol. The summed E-state index contributed by atoms with van der Waals surface area (Å²) in [4.78, 5) is 25.9. The fraction of sp³-hybridized carbons (Fsp3) is 0.353. The van der Waals surface area contributed by atoms with Crippen LogP contribution < -0.4 is 15.5 Å². The molecule has 3 amide bonds. The van der Waals surface area contributed by atoms with Crippen LogP contribution in [0.5, 0.6) is 0 Å². The van der Waals surface area contributed by atoms with E-state index < -0.39 is 6.03 Å². The maximum Gasteiger partial charge on any atom is 0.320 e. The van der Waals surface area contributed by atoms with Crippen molar-refractivity contribution in [2.24, 2.45) is 0 Å². The summed E-state index contributed by atoms with van der Waals surface area (Å²) in [6.07, 6.45) is 0.276. The van der Waals surface area contributed by atoms with Gasteiger partial charge in [-0.25, -0.2) is 4.79 Å². The third-order valence-corrected chi connectivity index (χ3v) is 4.13. The fourth-order valence-electron chi connectivity index (χ4n) is 2.71. The number of hydrogen-bond donors (Lipinski definition) is 2. The van der Waals surface area contributed by atoms with Gasteiger partial charge >= 0.3 is 6.03 Å². The van der Waals surface area contributed by atoms with Gasteiger partial charge in [0, 0.05) is 24.7 Å². The maximum absolute atomic E-state index is 12.3. The van der Waals surface area contributed by atoms with Crippen LogP contribution in [0, 0.1) is 20.8 Å². The van der Waals surface area contributed by atoms with Crippen LogP contribution in [0.25, 0.3) is 0 Å². The highest BCUT2D eigenvalue weighted by Gasteiger charge is 2.31. The Morgan fingerprint density at radius 3 is 2.71 bits per heavy atom. The number of carbonyl (C=O) groups excluding carboxylic acids is 2. The first-order valence-electron chi connectivity index (χ1n) is 7.81. The number of carbonyl (C=O) groups is 2. The summed E-state index contributed by atoms with van der Waals surface area (Å²) in [6.45, 7) is 6.24. The van der Waals surface area contributed by atoms with Gasteiger partial charge in [0.05, 0.1) is 6.04 Å². The SMILES string of the molecule is Cc1cc(NC(=O)NC2CC(=O)N(c3ccc(C)c(C)c3)C2)no1. The van der Waals surface area contributed by atoms with Crippen LogP contribution in [0.15, 0.2) is 28.8 Å². The second-order valence-corrected chi connectivity index (χ2v) is 6.10. The minimum Gasteiger partial charge on any atom is -0.360 e. The average molecular weight is 328 g/mol. The van der Waals surface area contributed by atoms with Gasteiger partial charge in [-0.1, -0.05) is 11.2 Å². The first-order valence-corrected chi connectivity index (χ1v) is 7.81. The fourth-order valence-corrected chi connectivity index (χ4v) is 2.71. The van der Waals surface area contributed by atoms with Gasteiger partial charge in [0.25, 0.3) is 0 Å². The van der Waals surface area contributed by atoms with Crippen LogP contribution in [0.1, 0.15) is 23.3 Å². The quantitative estimate of drug-likeness (QED) is 0.906. The molecule has 2 N–H and O–H groups in total. The van der Waals surface area contributed by atoms with E-state index in [2.05, 4.69) is 15.8 Å². The number of benzene rings is 1. The molecule has 0 aliphatic carbocycles. The summed E-state index contributed by atoms with van der Waals surface area (Å²) in [7, 11) is 0. The Bertz CT molecular complexity index is 784. The van der Waals surface area contributed by atoms with Crippen molar-refractivity contribution in [3.05, 3.63) is 41.2 Å². The van der Waals surface area contributed by atoms with Crippen molar-refractivity contribution in [1.29, 1.82) is 0 Å². The van der Waals surface area contributed by atoms with E-state index in [4.69, 9.17) is 4.52 Å². The van der Waals surface area contributed by atoms with E-state index in [1.807, 2.05) is 32.0 Å². The van der Waals surface area contributed by atoms with Crippen LogP contribution in [0.3, 0.4) is 0 Å². The molecule has 1 aliphatic rings. The lowest BCUT2D eigenvalue weighted by Crippen LogP contribution is -2.39. The van der Waals surface area contributed by atoms with Crippen molar-refractivity contribution in [3.8, 4) is 0 Å². The number of nitrogens with one attached hydrogen (secondary N) is 2. The molecule has 0 radical (unpaired) electrons. The largest absolute Gasteiger partial charge is 0.360 e. The predicted octanol–water partition coefficient (Wildman–Crippen LogP) is 2.53. The van der Waals surface area contributed by atoms with Gasteiger partial charge < -0.3 is 14.7 Å². The molecule has 7 heteroatoms. The molecular formula is C17H20N4O3. The van der Waals surface area contributed by atoms with Crippen molar-refractivity contribution < 1.29 is 14.1 Å². The van der Waals surface area contributed by atoms with Gasteiger partial charge in [-0.2, -0.15) is 0 Å². The third-order valence-electron chi connectivity index (χ3n) is 4.13. The molecule has 1 aromatic carbocycles. The Balaban J connectivity index is 1.61. The number of hydrogen-bond acceptors (Lipinski definition) is 4. The van der Waals surface area contributed by atoms with E-state index in [9.17, 15) is 9.59 Å². The van der Waals surface area contributed by atoms with E-state index in [-0.39, 0.29) is 18.4 Å². The lowest BCUT2D eigenvalue weighted by atomic mass is 10.1. The molecule has 24 heavy (non-hydrogen) atoms. The zero-order chi connectivity index (χ0) is 17.3. The van der Waals surface area contributed by atoms with Crippen LogP contribution in [-0.2, 0) is 4.79 Å². The number of urea groups is 1. The number of rotatable bonds is 3. The molecule has 1 atom stereocenters. The molecule has 0 saturated carbocycles. The van der Waals surface area contributed by atoms with Gasteiger partial charge in [-0.05, 0) is 44.0 Å². The first kappa shape index (κ1) is 16.0. The summed E-state index contributed by atoms with van der Waals surface area (Å²) >= 11 is 0. The van der Waals surface area contributed by atoms with E-state index in [0.717, 1.165) is 11.3 Å². The lowest BCUT2D eigenvalue weighted by Gasteiger charge is -2.18. The van der Waals surface area contributed by atoms with Crippen molar-refractivity contribution in [2.75, 3.05) is 16.8 Å². The summed E-state index contributed by atoms with van der Waals surface area (Å²) in [5.41, 5.74) is 3.18. The zero-order valence-corrected chi connectivity index (χ0v) is 13.9. The topological polar surface area (TPSA) is 87.5 Å². The van der Waals surface area contributed by atoms with Gasteiger partial charge in [-0.15, -0.1) is 0 Å². The number of amides is 3. The molecule has 0 bridgehead atoms. The highest BCUT2D eigenvalue weighted by atomic mass is 16.5. The van der Waals surface area contributed by atoms with Crippen molar-refractivity contribution in [1.82, 2.24) is 10.5 Å². The van der Waals surface area contributed by atoms with E-state index >= 15 is 0 Å². The van der Waals surface area contributed by atoms with Crippen LogP contribution in [0.2, 0.25) is 0 Å². The monoisotopic (exact) mass is 328 g/mol. The van der Waals surface area contributed by atoms with Crippen molar-refractivity contribution >= 4 is 23.4 Å². The summed E-state index contributed by atoms with van der Waals surface area (Å²) < 4.78 is 4.89. The highest BCUT2D eigenvalue weighted by molar-refractivity contribution is 5.97. The van der Waals surface area contributed by atoms with Gasteiger partial charge in [0.2, 0.25) is 5.91 Å². The van der Waals surface area contributed by atoms with Crippen LogP contribution >= 0.6 is 0 Å². The molecule has 2 aromatic rings. The van der Waals surface area contributed by atoms with Gasteiger partial charge in [0.15, 0.2) is 5.82 Å². The Hall–Kier alpha value is -2.83. The molecule has 126 valence electrons. The van der Waals surface area contributed by atoms with Gasteiger partial charge in [-0.3, -0.25) is 10.1 Å². The number of nitrogens with zero attached hydrogens (tertiary/aromatic N) is 2. The molecule has 0 spiro atoms. The Morgan fingerprint density at radius 2 is 2.04 bits per heavy atom. The molecule has 1 aliphatic heterocycles. The Morgan fingerprint density at radius 1 is 1.25 bits per heavy atom. The lowest BCUT2D eigenvalue weighted by molar-refractivity contribution is -0.117. The third kappa shape index (κ3) is 3.40. The molecule has 2 heterocycles. The zero-order valence-electron chi connectivity index (χ0n) is 13.9. The van der Waals surface area contributed by atoms with E-state index in [1.165, 1.54) is 5.56 Å². The number of anilines is 2. The molecule has 1 aromatic heterocycles. The first-order chi connectivity index (χ1) is 11.4. The van der Waals surface area contributed by atoms with Crippen LogP contribution in [-0.4, -0.2) is 29.7 Å². The highest BCUT2D eigenvalue weighted by Crippen LogP contribution is 2.24. The van der Waals surface area contributed by atoms with E-state index in [0.29, 0.717) is 18.1 Å². The maximum atomic E-state index is 12.3. The smallest absolute Gasteiger partial charge is 0.320 e. The van der Waals surface area contributed by atoms with Gasteiger partial charge in [0.1, 0.15) is 5.76 Å². The number of aromatic nitrogens is 1. The number of aryl methyl sites for hydroxylation is 3. The summed E-state index contributed by atoms with van der Waals surface area (Å²) in [6, 6.07) is 6.91. The van der Waals surface area contributed by atoms with E-state index in [1.54, 1.807) is 17.9 Å². The van der Waals surface area contributed by atoms with Crippen molar-refractivity contribution in [3.63, 3.8) is 0 Å². The van der Waals surface area contributed by atoms with Crippen LogP contribution in [0.4, 0.5) is 16.3 Å². The molecule has 3 rings (SSSR count). The summed E-state index contributed by atoms with van der Waals surface area (Å²) in [5.74, 6) is 0.962. The normalized spacial score (nSPS) is 17.2.